The smallest absolute Gasteiger partial charge is 0.132 e. The van der Waals surface area contributed by atoms with Crippen LogP contribution in [0, 0.1) is 6.92 Å². The molecule has 21 heavy (non-hydrogen) atoms. The summed E-state index contributed by atoms with van der Waals surface area (Å²) in [6.45, 7) is 5.05. The SMILES string of the molecule is Cc1cccc(CCNc2ncnc3c2CCNCC3)c1. The van der Waals surface area contributed by atoms with Gasteiger partial charge in [-0.05, 0) is 31.9 Å². The number of fused-ring (bicyclic) bond motifs is 1. The molecule has 0 spiro atoms. The fourth-order valence-corrected chi connectivity index (χ4v) is 2.82. The van der Waals surface area contributed by atoms with Crippen molar-refractivity contribution < 1.29 is 0 Å². The lowest BCUT2D eigenvalue weighted by molar-refractivity contribution is 0.708. The van der Waals surface area contributed by atoms with Crippen molar-refractivity contribution in [2.45, 2.75) is 26.2 Å². The van der Waals surface area contributed by atoms with Gasteiger partial charge in [-0.15, -0.1) is 0 Å². The zero-order valence-corrected chi connectivity index (χ0v) is 12.5. The fraction of sp³-hybridized carbons (Fsp3) is 0.412. The molecule has 0 radical (unpaired) electrons. The van der Waals surface area contributed by atoms with Crippen LogP contribution in [-0.4, -0.2) is 29.6 Å². The highest BCUT2D eigenvalue weighted by Crippen LogP contribution is 2.18. The predicted octanol–water partition coefficient (Wildman–Crippen LogP) is 2.13. The van der Waals surface area contributed by atoms with E-state index in [2.05, 4.69) is 51.8 Å². The first-order chi connectivity index (χ1) is 10.3. The summed E-state index contributed by atoms with van der Waals surface area (Å²) in [7, 11) is 0. The highest BCUT2D eigenvalue weighted by molar-refractivity contribution is 5.46. The number of nitrogens with one attached hydrogen (secondary N) is 2. The predicted molar refractivity (Wildman–Crippen MR) is 85.7 cm³/mol. The van der Waals surface area contributed by atoms with Gasteiger partial charge in [0.05, 0.1) is 5.69 Å². The molecular formula is C17H22N4. The minimum absolute atomic E-state index is 0.903. The number of benzene rings is 1. The van der Waals surface area contributed by atoms with Crippen LogP contribution in [0.1, 0.15) is 22.4 Å². The molecule has 0 aliphatic carbocycles. The summed E-state index contributed by atoms with van der Waals surface area (Å²) in [5.74, 6) is 1.01. The highest BCUT2D eigenvalue weighted by atomic mass is 15.0. The number of aromatic nitrogens is 2. The molecule has 0 saturated carbocycles. The van der Waals surface area contributed by atoms with Crippen molar-refractivity contribution in [3.63, 3.8) is 0 Å². The monoisotopic (exact) mass is 282 g/mol. The molecule has 1 aliphatic heterocycles. The second kappa shape index (κ2) is 6.68. The summed E-state index contributed by atoms with van der Waals surface area (Å²) in [5, 5.41) is 6.90. The Hall–Kier alpha value is -1.94. The molecule has 4 nitrogen and oxygen atoms in total. The molecule has 2 aromatic rings. The van der Waals surface area contributed by atoms with E-state index in [1.54, 1.807) is 6.33 Å². The molecule has 0 fully saturated rings. The molecule has 2 heterocycles. The molecule has 1 aromatic carbocycles. The molecule has 110 valence electrons. The van der Waals surface area contributed by atoms with Crippen LogP contribution in [-0.2, 0) is 19.3 Å². The zero-order chi connectivity index (χ0) is 14.5. The van der Waals surface area contributed by atoms with Crippen LogP contribution in [0.3, 0.4) is 0 Å². The molecule has 2 N–H and O–H groups in total. The topological polar surface area (TPSA) is 49.8 Å². The van der Waals surface area contributed by atoms with Crippen molar-refractivity contribution in [3.05, 3.63) is 53.0 Å². The second-order valence-corrected chi connectivity index (χ2v) is 5.56. The Bertz CT molecular complexity index is 609. The van der Waals surface area contributed by atoms with E-state index < -0.39 is 0 Å². The van der Waals surface area contributed by atoms with Crippen LogP contribution < -0.4 is 10.6 Å². The maximum Gasteiger partial charge on any atom is 0.132 e. The van der Waals surface area contributed by atoms with Crippen molar-refractivity contribution in [2.24, 2.45) is 0 Å². The van der Waals surface area contributed by atoms with E-state index in [1.165, 1.54) is 22.4 Å². The molecule has 0 atom stereocenters. The molecule has 0 unspecified atom stereocenters. The van der Waals surface area contributed by atoms with E-state index in [1.807, 2.05) is 0 Å². The summed E-state index contributed by atoms with van der Waals surface area (Å²) < 4.78 is 0. The number of hydrogen-bond donors (Lipinski definition) is 2. The minimum atomic E-state index is 0.903. The Balaban J connectivity index is 1.65. The first-order valence-electron chi connectivity index (χ1n) is 7.66. The molecule has 0 amide bonds. The zero-order valence-electron chi connectivity index (χ0n) is 12.5. The van der Waals surface area contributed by atoms with Gasteiger partial charge in [-0.3, -0.25) is 0 Å². The lowest BCUT2D eigenvalue weighted by Crippen LogP contribution is -2.16. The third-order valence-electron chi connectivity index (χ3n) is 3.91. The number of aryl methyl sites for hydroxylation is 1. The van der Waals surface area contributed by atoms with E-state index in [9.17, 15) is 0 Å². The van der Waals surface area contributed by atoms with Gasteiger partial charge in [-0.2, -0.15) is 0 Å². The summed E-state index contributed by atoms with van der Waals surface area (Å²) in [6.07, 6.45) is 4.69. The normalized spacial score (nSPS) is 14.3. The summed E-state index contributed by atoms with van der Waals surface area (Å²) in [4.78, 5) is 8.86. The molecule has 0 saturated heterocycles. The van der Waals surface area contributed by atoms with Crippen LogP contribution in [0.5, 0.6) is 0 Å². The Labute approximate surface area is 126 Å². The third-order valence-corrected chi connectivity index (χ3v) is 3.91. The lowest BCUT2D eigenvalue weighted by atomic mass is 10.1. The standard InChI is InChI=1S/C17H22N4/c1-13-3-2-4-14(11-13)5-10-19-17-15-6-8-18-9-7-16(15)20-12-21-17/h2-4,11-12,18H,5-10H2,1H3,(H,19,20,21). The van der Waals surface area contributed by atoms with E-state index in [0.717, 1.165) is 44.7 Å². The number of anilines is 1. The van der Waals surface area contributed by atoms with Gasteiger partial charge in [0.2, 0.25) is 0 Å². The number of hydrogen-bond acceptors (Lipinski definition) is 4. The van der Waals surface area contributed by atoms with Gasteiger partial charge >= 0.3 is 0 Å². The maximum atomic E-state index is 4.43. The van der Waals surface area contributed by atoms with Gasteiger partial charge in [0.25, 0.3) is 0 Å². The summed E-state index contributed by atoms with van der Waals surface area (Å²) in [5.41, 5.74) is 5.15. The van der Waals surface area contributed by atoms with Crippen molar-refractivity contribution in [2.75, 3.05) is 25.0 Å². The van der Waals surface area contributed by atoms with Gasteiger partial charge in [-0.1, -0.05) is 29.8 Å². The quantitative estimate of drug-likeness (QED) is 0.902. The maximum absolute atomic E-state index is 4.43. The van der Waals surface area contributed by atoms with Crippen LogP contribution in [0.4, 0.5) is 5.82 Å². The average Bonchev–Trinajstić information content (AvgIpc) is 2.73. The molecular weight excluding hydrogens is 260 g/mol. The van der Waals surface area contributed by atoms with Crippen molar-refractivity contribution in [1.82, 2.24) is 15.3 Å². The first kappa shape index (κ1) is 14.0. The average molecular weight is 282 g/mol. The molecule has 0 bridgehead atoms. The van der Waals surface area contributed by atoms with Gasteiger partial charge in [-0.25, -0.2) is 9.97 Å². The summed E-state index contributed by atoms with van der Waals surface area (Å²) in [6, 6.07) is 8.67. The van der Waals surface area contributed by atoms with Crippen LogP contribution in [0.25, 0.3) is 0 Å². The van der Waals surface area contributed by atoms with Crippen LogP contribution in [0.15, 0.2) is 30.6 Å². The van der Waals surface area contributed by atoms with Gasteiger partial charge < -0.3 is 10.6 Å². The van der Waals surface area contributed by atoms with Gasteiger partial charge in [0, 0.05) is 25.1 Å². The molecule has 4 heteroatoms. The fourth-order valence-electron chi connectivity index (χ4n) is 2.82. The largest absolute Gasteiger partial charge is 0.369 e. The Morgan fingerprint density at radius 1 is 1.19 bits per heavy atom. The Morgan fingerprint density at radius 3 is 3.00 bits per heavy atom. The highest BCUT2D eigenvalue weighted by Gasteiger charge is 2.13. The third kappa shape index (κ3) is 3.58. The Morgan fingerprint density at radius 2 is 2.10 bits per heavy atom. The minimum Gasteiger partial charge on any atom is -0.369 e. The molecule has 1 aliphatic rings. The molecule has 1 aromatic heterocycles. The van der Waals surface area contributed by atoms with E-state index in [0.29, 0.717) is 0 Å². The number of rotatable bonds is 4. The van der Waals surface area contributed by atoms with Gasteiger partial charge in [0.15, 0.2) is 0 Å². The van der Waals surface area contributed by atoms with Crippen molar-refractivity contribution in [1.29, 1.82) is 0 Å². The van der Waals surface area contributed by atoms with Crippen LogP contribution in [0.2, 0.25) is 0 Å². The van der Waals surface area contributed by atoms with Crippen molar-refractivity contribution >= 4 is 5.82 Å². The van der Waals surface area contributed by atoms with E-state index >= 15 is 0 Å². The first-order valence-corrected chi connectivity index (χ1v) is 7.66. The summed E-state index contributed by atoms with van der Waals surface area (Å²) >= 11 is 0. The second-order valence-electron chi connectivity index (χ2n) is 5.56. The van der Waals surface area contributed by atoms with E-state index in [4.69, 9.17) is 0 Å². The van der Waals surface area contributed by atoms with Gasteiger partial charge in [0.1, 0.15) is 12.1 Å². The Kier molecular flexibility index (Phi) is 4.46. The number of nitrogens with zero attached hydrogens (tertiary/aromatic N) is 2. The lowest BCUT2D eigenvalue weighted by Gasteiger charge is -2.12. The van der Waals surface area contributed by atoms with Crippen molar-refractivity contribution in [3.8, 4) is 0 Å². The van der Waals surface area contributed by atoms with Crippen LogP contribution >= 0.6 is 0 Å². The molecule has 3 rings (SSSR count). The van der Waals surface area contributed by atoms with E-state index in [-0.39, 0.29) is 0 Å².